The predicted octanol–water partition coefficient (Wildman–Crippen LogP) is 14.5. The zero-order valence-corrected chi connectivity index (χ0v) is 37.8. The molecule has 0 unspecified atom stereocenters. The van der Waals surface area contributed by atoms with Gasteiger partial charge in [-0.3, -0.25) is 0 Å². The van der Waals surface area contributed by atoms with Crippen LogP contribution in [-0.2, 0) is 10.8 Å². The SMILES string of the molecule is Cc1ccc(Nc2cc3c(cc2-c2cc(-n4c5ccccc5c5ccccc54)c4c5ccccc5n5c4c2Bc2sc4ccc(-c6ccccc6)cc4c2-5)C(C)(C)CCC3(C)C)cc1. The molecule has 5 heteroatoms. The van der Waals surface area contributed by atoms with Gasteiger partial charge in [-0.15, -0.1) is 11.3 Å². The number of hydrogen-bond acceptors (Lipinski definition) is 2. The lowest BCUT2D eigenvalue weighted by Crippen LogP contribution is -2.36. The van der Waals surface area contributed by atoms with Crippen LogP contribution in [0.4, 0.5) is 11.4 Å². The van der Waals surface area contributed by atoms with Gasteiger partial charge in [-0.2, -0.15) is 0 Å². The average molecular weight is 842 g/mol. The molecule has 1 aliphatic carbocycles. The van der Waals surface area contributed by atoms with E-state index >= 15 is 0 Å². The summed E-state index contributed by atoms with van der Waals surface area (Å²) in [7, 11) is 0.848. The molecule has 64 heavy (non-hydrogen) atoms. The maximum Gasteiger partial charge on any atom is 0.211 e. The van der Waals surface area contributed by atoms with Gasteiger partial charge < -0.3 is 14.5 Å². The Morgan fingerprint density at radius 3 is 1.84 bits per heavy atom. The Hall–Kier alpha value is -6.82. The van der Waals surface area contributed by atoms with Crippen molar-refractivity contribution in [1.29, 1.82) is 0 Å². The molecule has 0 saturated heterocycles. The number of aromatic nitrogens is 2. The van der Waals surface area contributed by atoms with Crippen molar-refractivity contribution in [2.24, 2.45) is 0 Å². The highest BCUT2D eigenvalue weighted by atomic mass is 32.1. The summed E-state index contributed by atoms with van der Waals surface area (Å²) < 4.78 is 7.96. The van der Waals surface area contributed by atoms with Gasteiger partial charge in [-0.1, -0.05) is 136 Å². The van der Waals surface area contributed by atoms with Gasteiger partial charge >= 0.3 is 0 Å². The number of hydrogen-bond donors (Lipinski definition) is 1. The van der Waals surface area contributed by atoms with Gasteiger partial charge in [-0.05, 0) is 129 Å². The third-order valence-electron chi connectivity index (χ3n) is 14.9. The maximum atomic E-state index is 4.04. The molecule has 4 heterocycles. The summed E-state index contributed by atoms with van der Waals surface area (Å²) in [5.74, 6) is 0. The number of para-hydroxylation sites is 3. The Morgan fingerprint density at radius 2 is 1.16 bits per heavy atom. The third kappa shape index (κ3) is 5.46. The Labute approximate surface area is 378 Å². The number of rotatable bonds is 5. The minimum absolute atomic E-state index is 0.0307. The fourth-order valence-corrected chi connectivity index (χ4v) is 12.6. The lowest BCUT2D eigenvalue weighted by Gasteiger charge is -2.42. The second-order valence-electron chi connectivity index (χ2n) is 19.7. The van der Waals surface area contributed by atoms with Crippen LogP contribution < -0.4 is 15.6 Å². The molecule has 8 aromatic carbocycles. The number of nitrogens with one attached hydrogen (secondary N) is 1. The van der Waals surface area contributed by atoms with E-state index in [-0.39, 0.29) is 10.8 Å². The molecule has 0 saturated carbocycles. The molecule has 13 rings (SSSR count). The average Bonchev–Trinajstić information content (AvgIpc) is 3.97. The van der Waals surface area contributed by atoms with E-state index < -0.39 is 0 Å². The van der Waals surface area contributed by atoms with Crippen LogP contribution in [0.3, 0.4) is 0 Å². The fraction of sp³-hybridized carbons (Fsp3) is 0.153. The van der Waals surface area contributed by atoms with Crippen molar-refractivity contribution in [1.82, 2.24) is 9.13 Å². The second kappa shape index (κ2) is 13.6. The van der Waals surface area contributed by atoms with Gasteiger partial charge in [0.25, 0.3) is 0 Å². The Kier molecular flexibility index (Phi) is 8.01. The molecule has 3 nitrogen and oxygen atoms in total. The van der Waals surface area contributed by atoms with Crippen LogP contribution in [-0.4, -0.2) is 16.4 Å². The highest BCUT2D eigenvalue weighted by Gasteiger charge is 2.39. The lowest BCUT2D eigenvalue weighted by molar-refractivity contribution is 0.332. The molecule has 1 N–H and O–H groups in total. The van der Waals surface area contributed by atoms with Gasteiger partial charge in [0, 0.05) is 48.6 Å². The van der Waals surface area contributed by atoms with Crippen LogP contribution in [0.5, 0.6) is 0 Å². The number of thiophene rings is 1. The smallest absolute Gasteiger partial charge is 0.211 e. The fourth-order valence-electron chi connectivity index (χ4n) is 11.4. The van der Waals surface area contributed by atoms with E-state index in [1.807, 2.05) is 11.3 Å². The van der Waals surface area contributed by atoms with Crippen molar-refractivity contribution < 1.29 is 0 Å². The molecule has 0 spiro atoms. The first-order valence-electron chi connectivity index (χ1n) is 22.8. The molecule has 0 amide bonds. The minimum atomic E-state index is 0.0307. The largest absolute Gasteiger partial charge is 0.355 e. The van der Waals surface area contributed by atoms with Crippen molar-refractivity contribution in [3.63, 3.8) is 0 Å². The van der Waals surface area contributed by atoms with Crippen molar-refractivity contribution in [3.05, 3.63) is 180 Å². The predicted molar refractivity (Wildman–Crippen MR) is 278 cm³/mol. The number of benzene rings is 8. The van der Waals surface area contributed by atoms with Crippen molar-refractivity contribution in [3.8, 4) is 33.6 Å². The van der Waals surface area contributed by atoms with Gasteiger partial charge in [0.15, 0.2) is 0 Å². The van der Waals surface area contributed by atoms with E-state index in [1.165, 1.54) is 114 Å². The number of nitrogens with zero attached hydrogens (tertiary/aromatic N) is 2. The normalized spacial score (nSPS) is 14.9. The standard InChI is InChI=1S/C59H48BN3S/c1-35-23-26-38(27-24-35)61-47-34-46-45(58(2,3)29-30-59(46,4)5)32-42(47)43-33-51(62-48-20-12-9-17-39(48)40-18-10-13-21-49(40)62)53-41-19-11-14-22-50(41)63-55-44-31-37(36-15-7-6-8-16-36)25-28-52(44)64-57(55)60-54(43)56(53)63/h6-28,31-34,60-61H,29-30H2,1-5H3. The van der Waals surface area contributed by atoms with Crippen molar-refractivity contribution >= 4 is 93.9 Å². The molecular formula is C59H48BN3S. The van der Waals surface area contributed by atoms with E-state index in [0.717, 1.165) is 31.5 Å². The summed E-state index contributed by atoms with van der Waals surface area (Å²) in [6, 6.07) is 61.7. The number of fused-ring (bicyclic) bond motifs is 11. The van der Waals surface area contributed by atoms with Crippen LogP contribution in [0, 0.1) is 6.92 Å². The lowest BCUT2D eigenvalue weighted by atomic mass is 9.61. The summed E-state index contributed by atoms with van der Waals surface area (Å²) in [4.78, 5) is 0. The summed E-state index contributed by atoms with van der Waals surface area (Å²) in [6.07, 6.45) is 2.31. The molecule has 0 atom stereocenters. The van der Waals surface area contributed by atoms with E-state index in [9.17, 15) is 0 Å². The van der Waals surface area contributed by atoms with E-state index in [4.69, 9.17) is 0 Å². The summed E-state index contributed by atoms with van der Waals surface area (Å²) in [5.41, 5.74) is 20.5. The highest BCUT2D eigenvalue weighted by Crippen LogP contribution is 2.51. The Morgan fingerprint density at radius 1 is 0.547 bits per heavy atom. The van der Waals surface area contributed by atoms with Gasteiger partial charge in [0.2, 0.25) is 7.28 Å². The summed E-state index contributed by atoms with van der Waals surface area (Å²) in [5, 5.41) is 10.5. The van der Waals surface area contributed by atoms with E-state index in [1.54, 1.807) is 0 Å². The zero-order chi connectivity index (χ0) is 43.1. The Balaban J connectivity index is 1.20. The summed E-state index contributed by atoms with van der Waals surface area (Å²) in [6.45, 7) is 12.0. The van der Waals surface area contributed by atoms with E-state index in [2.05, 4.69) is 213 Å². The molecular weight excluding hydrogens is 794 g/mol. The number of anilines is 2. The molecule has 0 radical (unpaired) electrons. The minimum Gasteiger partial charge on any atom is -0.355 e. The molecule has 308 valence electrons. The summed E-state index contributed by atoms with van der Waals surface area (Å²) >= 11 is 1.96. The van der Waals surface area contributed by atoms with Gasteiger partial charge in [-0.25, -0.2) is 0 Å². The Bertz CT molecular complexity index is 3680. The molecule has 3 aromatic heterocycles. The van der Waals surface area contributed by atoms with Crippen LogP contribution in [0.1, 0.15) is 57.2 Å². The van der Waals surface area contributed by atoms with Gasteiger partial charge in [0.1, 0.15) is 0 Å². The first-order chi connectivity index (χ1) is 31.1. The molecule has 1 aliphatic heterocycles. The highest BCUT2D eigenvalue weighted by molar-refractivity contribution is 7.29. The molecule has 11 aromatic rings. The third-order valence-corrected chi connectivity index (χ3v) is 16.0. The van der Waals surface area contributed by atoms with Crippen LogP contribution >= 0.6 is 11.3 Å². The van der Waals surface area contributed by atoms with Crippen LogP contribution in [0.25, 0.3) is 87.3 Å². The first-order valence-corrected chi connectivity index (χ1v) is 23.7. The van der Waals surface area contributed by atoms with Crippen LogP contribution in [0.15, 0.2) is 164 Å². The zero-order valence-electron chi connectivity index (χ0n) is 37.0. The number of aryl methyl sites for hydroxylation is 1. The molecule has 2 aliphatic rings. The van der Waals surface area contributed by atoms with Gasteiger partial charge in [0.05, 0.1) is 33.4 Å². The van der Waals surface area contributed by atoms with E-state index in [0.29, 0.717) is 0 Å². The molecule has 0 bridgehead atoms. The topological polar surface area (TPSA) is 21.9 Å². The first kappa shape index (κ1) is 37.7. The van der Waals surface area contributed by atoms with Crippen molar-refractivity contribution in [2.45, 2.75) is 58.3 Å². The van der Waals surface area contributed by atoms with Crippen molar-refractivity contribution in [2.75, 3.05) is 5.32 Å². The second-order valence-corrected chi connectivity index (χ2v) is 20.8. The quantitative estimate of drug-likeness (QED) is 0.171. The molecule has 0 fully saturated rings. The van der Waals surface area contributed by atoms with Crippen LogP contribution in [0.2, 0.25) is 0 Å². The maximum absolute atomic E-state index is 4.04. The monoisotopic (exact) mass is 841 g/mol.